The number of anilines is 1. The molecule has 3 rings (SSSR count). The molecule has 2 amide bonds. The number of benzene rings is 1. The molecule has 6 nitrogen and oxygen atoms in total. The molecule has 1 N–H and O–H groups in total. The van der Waals surface area contributed by atoms with Gasteiger partial charge in [-0.2, -0.15) is 0 Å². The lowest BCUT2D eigenvalue weighted by atomic mass is 10.2. The van der Waals surface area contributed by atoms with Crippen molar-refractivity contribution in [2.45, 2.75) is 25.8 Å². The number of hydrogen-bond acceptors (Lipinski definition) is 4. The number of nitrogens with zero attached hydrogens (tertiary/aromatic N) is 3. The highest BCUT2D eigenvalue weighted by molar-refractivity contribution is 6.35. The number of aryl methyl sites for hydroxylation is 1. The molecule has 1 unspecified atom stereocenters. The van der Waals surface area contributed by atoms with Gasteiger partial charge in [0.15, 0.2) is 0 Å². The summed E-state index contributed by atoms with van der Waals surface area (Å²) in [5.41, 5.74) is 1.38. The van der Waals surface area contributed by atoms with Crippen LogP contribution in [-0.4, -0.2) is 39.3 Å². The maximum Gasteiger partial charge on any atom is 0.274 e. The topological polar surface area (TPSA) is 75.2 Å². The molecule has 1 fully saturated rings. The lowest BCUT2D eigenvalue weighted by Gasteiger charge is -2.23. The van der Waals surface area contributed by atoms with E-state index in [9.17, 15) is 9.59 Å². The van der Waals surface area contributed by atoms with E-state index in [0.717, 1.165) is 12.1 Å². The Balaban J connectivity index is 1.76. The van der Waals surface area contributed by atoms with Gasteiger partial charge in [0.1, 0.15) is 11.7 Å². The summed E-state index contributed by atoms with van der Waals surface area (Å²) in [4.78, 5) is 35.0. The summed E-state index contributed by atoms with van der Waals surface area (Å²) in [6.45, 7) is 2.29. The van der Waals surface area contributed by atoms with Crippen LogP contribution in [0, 0.1) is 6.92 Å². The van der Waals surface area contributed by atoms with Crippen molar-refractivity contribution in [2.24, 2.45) is 0 Å². The predicted molar refractivity (Wildman–Crippen MR) is 95.9 cm³/mol. The van der Waals surface area contributed by atoms with Gasteiger partial charge >= 0.3 is 0 Å². The molecule has 8 heteroatoms. The Hall–Kier alpha value is -2.18. The van der Waals surface area contributed by atoms with Gasteiger partial charge in [-0.3, -0.25) is 14.6 Å². The Morgan fingerprint density at radius 2 is 2.04 bits per heavy atom. The van der Waals surface area contributed by atoms with E-state index in [-0.39, 0.29) is 17.5 Å². The number of aromatic nitrogens is 2. The Morgan fingerprint density at radius 1 is 1.24 bits per heavy atom. The lowest BCUT2D eigenvalue weighted by Crippen LogP contribution is -2.43. The molecule has 2 aromatic rings. The third kappa shape index (κ3) is 3.91. The van der Waals surface area contributed by atoms with Crippen molar-refractivity contribution >= 4 is 40.7 Å². The van der Waals surface area contributed by atoms with Crippen LogP contribution >= 0.6 is 23.2 Å². The Labute approximate surface area is 155 Å². The van der Waals surface area contributed by atoms with E-state index in [1.54, 1.807) is 25.1 Å². The van der Waals surface area contributed by atoms with Gasteiger partial charge in [-0.05, 0) is 38.0 Å². The van der Waals surface area contributed by atoms with Crippen LogP contribution in [0.3, 0.4) is 0 Å². The number of rotatable bonds is 3. The van der Waals surface area contributed by atoms with Crippen LogP contribution in [0.15, 0.2) is 30.6 Å². The fraction of sp³-hybridized carbons (Fsp3) is 0.294. The molecule has 0 radical (unpaired) electrons. The number of amides is 2. The summed E-state index contributed by atoms with van der Waals surface area (Å²) in [6, 6.07) is 4.25. The average molecular weight is 379 g/mol. The van der Waals surface area contributed by atoms with Crippen molar-refractivity contribution in [3.8, 4) is 0 Å². The first-order chi connectivity index (χ1) is 12.0. The fourth-order valence-corrected chi connectivity index (χ4v) is 3.08. The maximum atomic E-state index is 12.6. The summed E-state index contributed by atoms with van der Waals surface area (Å²) in [5, 5.41) is 3.61. The molecule has 1 aromatic carbocycles. The van der Waals surface area contributed by atoms with Gasteiger partial charge in [0.2, 0.25) is 5.91 Å². The van der Waals surface area contributed by atoms with Crippen LogP contribution in [0.4, 0.5) is 5.69 Å². The molecule has 0 aliphatic carbocycles. The minimum atomic E-state index is -0.578. The highest BCUT2D eigenvalue weighted by Crippen LogP contribution is 2.27. The second-order valence-corrected chi connectivity index (χ2v) is 6.66. The van der Waals surface area contributed by atoms with E-state index in [1.807, 2.05) is 0 Å². The minimum Gasteiger partial charge on any atom is -0.325 e. The number of likely N-dealkylation sites (tertiary alicyclic amines) is 1. The molecule has 2 heterocycles. The first-order valence-electron chi connectivity index (χ1n) is 7.81. The summed E-state index contributed by atoms with van der Waals surface area (Å²) in [7, 11) is 0. The van der Waals surface area contributed by atoms with E-state index in [0.29, 0.717) is 28.7 Å². The van der Waals surface area contributed by atoms with Gasteiger partial charge in [-0.25, -0.2) is 4.98 Å². The number of halogens is 2. The molecule has 1 saturated heterocycles. The van der Waals surface area contributed by atoms with Crippen LogP contribution in [-0.2, 0) is 4.79 Å². The van der Waals surface area contributed by atoms with Crippen molar-refractivity contribution in [3.05, 3.63) is 52.0 Å². The average Bonchev–Trinajstić information content (AvgIpc) is 3.08. The van der Waals surface area contributed by atoms with Gasteiger partial charge < -0.3 is 10.2 Å². The molecule has 0 saturated carbocycles. The van der Waals surface area contributed by atoms with Crippen LogP contribution in [0.25, 0.3) is 0 Å². The summed E-state index contributed by atoms with van der Waals surface area (Å²) >= 11 is 12.0. The first-order valence-corrected chi connectivity index (χ1v) is 8.57. The molecular formula is C17H16Cl2N4O2. The normalized spacial score (nSPS) is 16.8. The monoisotopic (exact) mass is 378 g/mol. The van der Waals surface area contributed by atoms with Crippen molar-refractivity contribution in [2.75, 3.05) is 11.9 Å². The number of hydrogen-bond donors (Lipinski definition) is 1. The lowest BCUT2D eigenvalue weighted by molar-refractivity contribution is -0.119. The van der Waals surface area contributed by atoms with E-state index >= 15 is 0 Å². The zero-order valence-corrected chi connectivity index (χ0v) is 15.0. The molecule has 1 aliphatic rings. The van der Waals surface area contributed by atoms with Crippen molar-refractivity contribution in [1.82, 2.24) is 14.9 Å². The van der Waals surface area contributed by atoms with E-state index in [2.05, 4.69) is 15.3 Å². The zero-order valence-electron chi connectivity index (χ0n) is 13.5. The summed E-state index contributed by atoms with van der Waals surface area (Å²) in [5.74, 6) is -0.600. The van der Waals surface area contributed by atoms with Gasteiger partial charge in [0.25, 0.3) is 5.91 Å². The predicted octanol–water partition coefficient (Wildman–Crippen LogP) is 3.34. The maximum absolute atomic E-state index is 12.6. The van der Waals surface area contributed by atoms with Crippen LogP contribution < -0.4 is 5.32 Å². The van der Waals surface area contributed by atoms with E-state index < -0.39 is 6.04 Å². The highest BCUT2D eigenvalue weighted by atomic mass is 35.5. The second kappa shape index (κ2) is 7.37. The number of carbonyl (C=O) groups excluding carboxylic acids is 2. The minimum absolute atomic E-state index is 0.228. The molecular weight excluding hydrogens is 363 g/mol. The SMILES string of the molecule is Cc1cnc(C(=O)N2CCCC2C(=O)Nc2cc(Cl)ccc2Cl)cn1. The molecule has 1 aliphatic heterocycles. The Bertz CT molecular complexity index is 811. The first kappa shape index (κ1) is 17.6. The Kier molecular flexibility index (Phi) is 5.20. The van der Waals surface area contributed by atoms with Crippen LogP contribution in [0.5, 0.6) is 0 Å². The number of nitrogens with one attached hydrogen (secondary N) is 1. The summed E-state index contributed by atoms with van der Waals surface area (Å²) in [6.07, 6.45) is 4.28. The van der Waals surface area contributed by atoms with Gasteiger partial charge in [-0.15, -0.1) is 0 Å². The van der Waals surface area contributed by atoms with Crippen molar-refractivity contribution in [1.29, 1.82) is 0 Å². The molecule has 1 atom stereocenters. The van der Waals surface area contributed by atoms with E-state index in [1.165, 1.54) is 17.3 Å². The molecule has 0 bridgehead atoms. The van der Waals surface area contributed by atoms with Gasteiger partial charge in [0.05, 0.1) is 22.6 Å². The standard InChI is InChI=1S/C17H16Cl2N4O2/c1-10-8-21-14(9-20-10)17(25)23-6-2-3-15(23)16(24)22-13-7-11(18)4-5-12(13)19/h4-5,7-9,15H,2-3,6H2,1H3,(H,22,24). The third-order valence-electron chi connectivity index (χ3n) is 4.00. The van der Waals surface area contributed by atoms with Gasteiger partial charge in [0, 0.05) is 17.8 Å². The van der Waals surface area contributed by atoms with E-state index in [4.69, 9.17) is 23.2 Å². The largest absolute Gasteiger partial charge is 0.325 e. The van der Waals surface area contributed by atoms with Crippen LogP contribution in [0.2, 0.25) is 10.0 Å². The third-order valence-corrected chi connectivity index (χ3v) is 4.57. The molecule has 1 aromatic heterocycles. The summed E-state index contributed by atoms with van der Waals surface area (Å²) < 4.78 is 0. The fourth-order valence-electron chi connectivity index (χ4n) is 2.74. The highest BCUT2D eigenvalue weighted by Gasteiger charge is 2.35. The van der Waals surface area contributed by atoms with Crippen molar-refractivity contribution in [3.63, 3.8) is 0 Å². The quantitative estimate of drug-likeness (QED) is 0.888. The molecule has 130 valence electrons. The Morgan fingerprint density at radius 3 is 2.76 bits per heavy atom. The zero-order chi connectivity index (χ0) is 18.0. The van der Waals surface area contributed by atoms with Crippen molar-refractivity contribution < 1.29 is 9.59 Å². The smallest absolute Gasteiger partial charge is 0.274 e. The molecule has 25 heavy (non-hydrogen) atoms. The van der Waals surface area contributed by atoms with Crippen LogP contribution in [0.1, 0.15) is 29.0 Å². The van der Waals surface area contributed by atoms with Gasteiger partial charge in [-0.1, -0.05) is 23.2 Å². The second-order valence-electron chi connectivity index (χ2n) is 5.81. The molecule has 0 spiro atoms. The number of carbonyl (C=O) groups is 2.